The quantitative estimate of drug-likeness (QED) is 0.282. The molecule has 0 amide bonds. The first-order chi connectivity index (χ1) is 15.5. The van der Waals surface area contributed by atoms with Crippen LogP contribution < -0.4 is 5.48 Å². The minimum Gasteiger partial charge on any atom is -0.478 e. The molecule has 0 aliphatic heterocycles. The van der Waals surface area contributed by atoms with Crippen molar-refractivity contribution in [2.75, 3.05) is 12.1 Å². The van der Waals surface area contributed by atoms with Crippen molar-refractivity contribution in [3.8, 4) is 0 Å². The maximum atomic E-state index is 11.3. The van der Waals surface area contributed by atoms with Crippen LogP contribution in [0.2, 0.25) is 5.15 Å². The van der Waals surface area contributed by atoms with Gasteiger partial charge in [0.05, 0.1) is 18.8 Å². The molecule has 3 aromatic rings. The van der Waals surface area contributed by atoms with Gasteiger partial charge in [0.1, 0.15) is 10.7 Å². The molecular formula is C23H24ClN3O5. The molecular weight excluding hydrogens is 434 g/mol. The number of nitrogens with zero attached hydrogens (tertiary/aromatic N) is 2. The van der Waals surface area contributed by atoms with Gasteiger partial charge in [-0.3, -0.25) is 4.84 Å². The molecule has 2 N–H and O–H groups in total. The maximum absolute atomic E-state index is 11.3. The lowest BCUT2D eigenvalue weighted by molar-refractivity contribution is 0.0525. The van der Waals surface area contributed by atoms with E-state index in [0.29, 0.717) is 18.8 Å². The molecule has 0 aliphatic rings. The topological polar surface area (TPSA) is 111 Å². The number of carbonyl (C=O) groups excluding carboxylic acids is 1. The number of aryl methyl sites for hydroxylation is 1. The Hall–Kier alpha value is -3.49. The van der Waals surface area contributed by atoms with E-state index < -0.39 is 11.9 Å². The van der Waals surface area contributed by atoms with Crippen LogP contribution in [0.4, 0.5) is 5.82 Å². The smallest absolute Gasteiger partial charge is 0.341 e. The van der Waals surface area contributed by atoms with Gasteiger partial charge in [-0.05, 0) is 43.2 Å². The number of pyridine rings is 2. The monoisotopic (exact) mass is 457 g/mol. The second-order valence-electron chi connectivity index (χ2n) is 6.30. The van der Waals surface area contributed by atoms with Crippen molar-refractivity contribution in [1.82, 2.24) is 9.97 Å². The number of aromatic carboxylic acids is 1. The number of rotatable bonds is 8. The Labute approximate surface area is 191 Å². The summed E-state index contributed by atoms with van der Waals surface area (Å²) in [6.45, 7) is 4.39. The fraction of sp³-hybridized carbons (Fsp3) is 0.217. The summed E-state index contributed by atoms with van der Waals surface area (Å²) in [6, 6.07) is 16.0. The first kappa shape index (κ1) is 24.8. The summed E-state index contributed by atoms with van der Waals surface area (Å²) in [5, 5.41) is 9.16. The summed E-state index contributed by atoms with van der Waals surface area (Å²) in [5.74, 6) is -1.28. The largest absolute Gasteiger partial charge is 0.478 e. The van der Waals surface area contributed by atoms with Gasteiger partial charge in [-0.25, -0.2) is 25.0 Å². The van der Waals surface area contributed by atoms with Crippen LogP contribution in [-0.4, -0.2) is 33.6 Å². The number of carbonyl (C=O) groups is 2. The first-order valence-corrected chi connectivity index (χ1v) is 10.3. The molecule has 2 heterocycles. The Morgan fingerprint density at radius 1 is 1.03 bits per heavy atom. The molecule has 0 spiro atoms. The number of anilines is 1. The van der Waals surface area contributed by atoms with Gasteiger partial charge < -0.3 is 9.84 Å². The van der Waals surface area contributed by atoms with E-state index in [1.54, 1.807) is 25.1 Å². The first-order valence-electron chi connectivity index (χ1n) is 9.88. The van der Waals surface area contributed by atoms with Crippen LogP contribution in [0.3, 0.4) is 0 Å². The van der Waals surface area contributed by atoms with E-state index in [4.69, 9.17) is 26.3 Å². The van der Waals surface area contributed by atoms with Crippen molar-refractivity contribution in [3.05, 3.63) is 88.3 Å². The molecule has 3 rings (SSSR count). The minimum atomic E-state index is -1.05. The fourth-order valence-corrected chi connectivity index (χ4v) is 2.70. The number of ether oxygens (including phenoxy) is 1. The Balaban J connectivity index is 0.000000235. The van der Waals surface area contributed by atoms with Gasteiger partial charge in [0.25, 0.3) is 0 Å². The number of esters is 1. The molecule has 0 unspecified atom stereocenters. The highest BCUT2D eigenvalue weighted by Crippen LogP contribution is 2.15. The van der Waals surface area contributed by atoms with Crippen molar-refractivity contribution < 1.29 is 24.3 Å². The predicted molar refractivity (Wildman–Crippen MR) is 121 cm³/mol. The molecule has 1 aromatic carbocycles. The van der Waals surface area contributed by atoms with Gasteiger partial charge in [0.2, 0.25) is 0 Å². The zero-order valence-corrected chi connectivity index (χ0v) is 18.5. The number of benzene rings is 1. The minimum absolute atomic E-state index is 0.0746. The van der Waals surface area contributed by atoms with Gasteiger partial charge in [-0.2, -0.15) is 0 Å². The van der Waals surface area contributed by atoms with E-state index in [2.05, 4.69) is 15.4 Å². The van der Waals surface area contributed by atoms with Gasteiger partial charge in [0.15, 0.2) is 5.82 Å². The summed E-state index contributed by atoms with van der Waals surface area (Å²) >= 11 is 5.83. The van der Waals surface area contributed by atoms with Crippen molar-refractivity contribution in [3.63, 3.8) is 0 Å². The van der Waals surface area contributed by atoms with Crippen LogP contribution in [0.5, 0.6) is 0 Å². The van der Waals surface area contributed by atoms with Crippen molar-refractivity contribution in [2.24, 2.45) is 0 Å². The highest BCUT2D eigenvalue weighted by Gasteiger charge is 2.12. The third kappa shape index (κ3) is 7.64. The SMILES string of the molecule is CCOC(=O)c1ccc(CC)nc1Cl.O=C(O)c1cccnc1NOCc1ccccc1. The normalized spacial score (nSPS) is 9.97. The lowest BCUT2D eigenvalue weighted by atomic mass is 10.2. The summed E-state index contributed by atoms with van der Waals surface area (Å²) in [7, 11) is 0. The molecule has 8 nitrogen and oxygen atoms in total. The number of carboxylic acid groups (broad SMARTS) is 1. The molecule has 0 saturated heterocycles. The second kappa shape index (κ2) is 13.0. The van der Waals surface area contributed by atoms with Crippen LogP contribution in [0.15, 0.2) is 60.8 Å². The zero-order chi connectivity index (χ0) is 23.3. The van der Waals surface area contributed by atoms with E-state index in [1.807, 2.05) is 37.3 Å². The van der Waals surface area contributed by atoms with E-state index in [-0.39, 0.29) is 16.5 Å². The number of aromatic nitrogens is 2. The molecule has 168 valence electrons. The fourth-order valence-electron chi connectivity index (χ4n) is 2.45. The number of halogens is 1. The molecule has 0 bridgehead atoms. The molecule has 0 radical (unpaired) electrons. The average Bonchev–Trinajstić information content (AvgIpc) is 2.80. The standard InChI is InChI=1S/C13H12N2O3.C10H12ClNO2/c16-13(17)11-7-4-8-14-12(11)15-18-9-10-5-2-1-3-6-10;1-3-7-5-6-8(9(11)12-7)10(13)14-4-2/h1-8H,9H2,(H,14,15)(H,16,17);5-6H,3-4H2,1-2H3. The lowest BCUT2D eigenvalue weighted by Gasteiger charge is -2.08. The van der Waals surface area contributed by atoms with Gasteiger partial charge >= 0.3 is 11.9 Å². The van der Waals surface area contributed by atoms with Gasteiger partial charge in [-0.15, -0.1) is 0 Å². The van der Waals surface area contributed by atoms with Crippen LogP contribution in [0.25, 0.3) is 0 Å². The van der Waals surface area contributed by atoms with E-state index >= 15 is 0 Å². The molecule has 0 aliphatic carbocycles. The third-order valence-electron chi connectivity index (χ3n) is 4.05. The van der Waals surface area contributed by atoms with Gasteiger partial charge in [0, 0.05) is 11.9 Å². The lowest BCUT2D eigenvalue weighted by Crippen LogP contribution is -2.08. The van der Waals surface area contributed by atoms with Crippen LogP contribution in [0.1, 0.15) is 45.8 Å². The Bertz CT molecular complexity index is 1030. The summed E-state index contributed by atoms with van der Waals surface area (Å²) in [5.41, 5.74) is 4.80. The molecule has 0 fully saturated rings. The third-order valence-corrected chi connectivity index (χ3v) is 4.34. The highest BCUT2D eigenvalue weighted by molar-refractivity contribution is 6.32. The average molecular weight is 458 g/mol. The molecule has 0 atom stereocenters. The molecule has 0 saturated carbocycles. The molecule has 9 heteroatoms. The van der Waals surface area contributed by atoms with Crippen molar-refractivity contribution >= 4 is 29.4 Å². The van der Waals surface area contributed by atoms with Crippen LogP contribution >= 0.6 is 11.6 Å². The van der Waals surface area contributed by atoms with Crippen molar-refractivity contribution in [2.45, 2.75) is 26.9 Å². The van der Waals surface area contributed by atoms with Crippen LogP contribution in [-0.2, 0) is 22.6 Å². The summed E-state index contributed by atoms with van der Waals surface area (Å²) in [6.07, 6.45) is 2.30. The van der Waals surface area contributed by atoms with Crippen LogP contribution in [0, 0.1) is 0 Å². The molecule has 2 aromatic heterocycles. The van der Waals surface area contributed by atoms with E-state index in [9.17, 15) is 9.59 Å². The summed E-state index contributed by atoms with van der Waals surface area (Å²) in [4.78, 5) is 35.4. The Morgan fingerprint density at radius 3 is 2.41 bits per heavy atom. The molecule has 32 heavy (non-hydrogen) atoms. The maximum Gasteiger partial charge on any atom is 0.341 e. The number of carboxylic acids is 1. The predicted octanol–water partition coefficient (Wildman–Crippen LogP) is 4.80. The number of hydrogen-bond donors (Lipinski definition) is 2. The van der Waals surface area contributed by atoms with E-state index in [0.717, 1.165) is 17.7 Å². The van der Waals surface area contributed by atoms with Gasteiger partial charge in [-0.1, -0.05) is 48.9 Å². The highest BCUT2D eigenvalue weighted by atomic mass is 35.5. The second-order valence-corrected chi connectivity index (χ2v) is 6.65. The summed E-state index contributed by atoms with van der Waals surface area (Å²) < 4.78 is 4.82. The number of nitrogens with one attached hydrogen (secondary N) is 1. The van der Waals surface area contributed by atoms with E-state index in [1.165, 1.54) is 12.3 Å². The Morgan fingerprint density at radius 2 is 1.78 bits per heavy atom. The van der Waals surface area contributed by atoms with Crippen molar-refractivity contribution in [1.29, 1.82) is 0 Å². The zero-order valence-electron chi connectivity index (χ0n) is 17.7. The Kier molecular flexibility index (Phi) is 10.1. The number of hydrogen-bond acceptors (Lipinski definition) is 7.